The second-order valence-electron chi connectivity index (χ2n) is 2.71. The van der Waals surface area contributed by atoms with Crippen LogP contribution in [-0.2, 0) is 0 Å². The molecule has 1 N–H and O–H groups in total. The van der Waals surface area contributed by atoms with Crippen molar-refractivity contribution in [2.45, 2.75) is 12.3 Å². The van der Waals surface area contributed by atoms with Gasteiger partial charge in [0.15, 0.2) is 6.10 Å². The molecule has 0 radical (unpaired) electrons. The van der Waals surface area contributed by atoms with Gasteiger partial charge >= 0.3 is 6.18 Å². The van der Waals surface area contributed by atoms with Crippen LogP contribution in [0.25, 0.3) is 0 Å². The molecule has 0 aromatic heterocycles. The van der Waals surface area contributed by atoms with E-state index in [1.807, 2.05) is 0 Å². The molecule has 0 bridgehead atoms. The zero-order valence-corrected chi connectivity index (χ0v) is 9.29. The molecule has 0 aliphatic heterocycles. The molecule has 1 aromatic rings. The molecule has 7 heteroatoms. The minimum atomic E-state index is -4.92. The molecule has 1 aromatic carbocycles. The summed E-state index contributed by atoms with van der Waals surface area (Å²) in [4.78, 5) is 0. The third-order valence-corrected chi connectivity index (χ3v) is 2.93. The zero-order chi connectivity index (χ0) is 11.8. The van der Waals surface area contributed by atoms with Crippen molar-refractivity contribution in [3.8, 4) is 0 Å². The number of alkyl halides is 3. The normalized spacial score (nSPS) is 14.1. The largest absolute Gasteiger partial charge is 0.418 e. The Balaban J connectivity index is 3.23. The van der Waals surface area contributed by atoms with Gasteiger partial charge in [-0.1, -0.05) is 17.7 Å². The lowest BCUT2D eigenvalue weighted by Crippen LogP contribution is -2.21. The van der Waals surface area contributed by atoms with Crippen LogP contribution in [0.4, 0.5) is 17.6 Å². The second kappa shape index (κ2) is 4.27. The predicted molar refractivity (Wildman–Crippen MR) is 50.1 cm³/mol. The zero-order valence-electron chi connectivity index (χ0n) is 6.95. The summed E-state index contributed by atoms with van der Waals surface area (Å²) < 4.78 is 49.6. The lowest BCUT2D eigenvalue weighted by atomic mass is 10.1. The monoisotopic (exact) mass is 306 g/mol. The number of hydrogen-bond donors (Lipinski definition) is 1. The fraction of sp³-hybridized carbons (Fsp3) is 0.250. The molecule has 0 spiro atoms. The summed E-state index contributed by atoms with van der Waals surface area (Å²) in [7, 11) is 0. The molecule has 0 saturated heterocycles. The molecule has 1 unspecified atom stereocenters. The number of benzene rings is 1. The van der Waals surface area contributed by atoms with Crippen molar-refractivity contribution in [2.75, 3.05) is 0 Å². The molecular formula is C8H4BrClF4O. The Kier molecular flexibility index (Phi) is 3.63. The summed E-state index contributed by atoms with van der Waals surface area (Å²) in [5, 5.41) is 8.32. The van der Waals surface area contributed by atoms with E-state index in [1.54, 1.807) is 0 Å². The third-order valence-electron chi connectivity index (χ3n) is 1.67. The first-order chi connectivity index (χ1) is 6.75. The highest BCUT2D eigenvalue weighted by Crippen LogP contribution is 2.37. The van der Waals surface area contributed by atoms with Gasteiger partial charge in [0.1, 0.15) is 5.82 Å². The van der Waals surface area contributed by atoms with Gasteiger partial charge in [0.05, 0.1) is 5.02 Å². The summed E-state index contributed by atoms with van der Waals surface area (Å²) >= 11 is 8.22. The number of rotatable bonds is 1. The molecule has 1 nitrogen and oxygen atoms in total. The minimum absolute atomic E-state index is 0.125. The average Bonchev–Trinajstić information content (AvgIpc) is 2.12. The van der Waals surface area contributed by atoms with Gasteiger partial charge in [-0.15, -0.1) is 0 Å². The fourth-order valence-electron chi connectivity index (χ4n) is 0.928. The number of halogens is 6. The third kappa shape index (κ3) is 2.62. The molecule has 0 saturated carbocycles. The molecule has 1 atom stereocenters. The maximum atomic E-state index is 13.2. The van der Waals surface area contributed by atoms with Gasteiger partial charge in [-0.05, 0) is 22.0 Å². The first-order valence-corrected chi connectivity index (χ1v) is 4.80. The van der Waals surface area contributed by atoms with Gasteiger partial charge in [-0.25, -0.2) is 4.39 Å². The van der Waals surface area contributed by atoms with Crippen LogP contribution in [0, 0.1) is 5.82 Å². The van der Waals surface area contributed by atoms with Gasteiger partial charge in [0.25, 0.3) is 0 Å². The summed E-state index contributed by atoms with van der Waals surface area (Å²) in [5.74, 6) is -1.28. The van der Waals surface area contributed by atoms with Crippen LogP contribution in [0.5, 0.6) is 0 Å². The number of hydrogen-bond acceptors (Lipinski definition) is 1. The van der Waals surface area contributed by atoms with Crippen LogP contribution in [0.1, 0.15) is 11.7 Å². The van der Waals surface area contributed by atoms with E-state index >= 15 is 0 Å². The standard InChI is InChI=1S/C8H4BrClF4O/c9-4-2-1-3(6(11)5(4)10)7(15)8(12,13)14/h1-2,7,15H. The first-order valence-electron chi connectivity index (χ1n) is 3.63. The van der Waals surface area contributed by atoms with E-state index in [4.69, 9.17) is 16.7 Å². The molecular weight excluding hydrogens is 303 g/mol. The van der Waals surface area contributed by atoms with Crippen LogP contribution in [0.15, 0.2) is 16.6 Å². The van der Waals surface area contributed by atoms with Crippen molar-refractivity contribution in [1.29, 1.82) is 0 Å². The topological polar surface area (TPSA) is 20.2 Å². The van der Waals surface area contributed by atoms with Crippen molar-refractivity contribution < 1.29 is 22.7 Å². The number of aliphatic hydroxyl groups excluding tert-OH is 1. The van der Waals surface area contributed by atoms with Crippen molar-refractivity contribution in [1.82, 2.24) is 0 Å². The van der Waals surface area contributed by atoms with Gasteiger partial charge in [0, 0.05) is 10.0 Å². The smallest absolute Gasteiger partial charge is 0.379 e. The van der Waals surface area contributed by atoms with Crippen molar-refractivity contribution in [2.24, 2.45) is 0 Å². The van der Waals surface area contributed by atoms with Crippen LogP contribution in [0.2, 0.25) is 5.02 Å². The van der Waals surface area contributed by atoms with Crippen LogP contribution >= 0.6 is 27.5 Å². The quantitative estimate of drug-likeness (QED) is 0.617. The molecule has 15 heavy (non-hydrogen) atoms. The minimum Gasteiger partial charge on any atom is -0.379 e. The first kappa shape index (κ1) is 12.7. The Bertz CT molecular complexity index is 380. The lowest BCUT2D eigenvalue weighted by molar-refractivity contribution is -0.207. The Morgan fingerprint density at radius 1 is 1.33 bits per heavy atom. The Hall–Kier alpha value is -0.330. The van der Waals surface area contributed by atoms with Crippen LogP contribution < -0.4 is 0 Å². The summed E-state index contributed by atoms with van der Waals surface area (Å²) in [5.41, 5.74) is -0.893. The van der Waals surface area contributed by atoms with Gasteiger partial charge < -0.3 is 5.11 Å². The SMILES string of the molecule is OC(c1ccc(Br)c(Cl)c1F)C(F)(F)F. The van der Waals surface area contributed by atoms with Crippen molar-refractivity contribution in [3.63, 3.8) is 0 Å². The second-order valence-corrected chi connectivity index (χ2v) is 3.94. The van der Waals surface area contributed by atoms with E-state index < -0.39 is 28.7 Å². The molecule has 0 aliphatic rings. The molecule has 0 heterocycles. The van der Waals surface area contributed by atoms with Crippen molar-refractivity contribution in [3.05, 3.63) is 33.0 Å². The van der Waals surface area contributed by atoms with Crippen LogP contribution in [0.3, 0.4) is 0 Å². The lowest BCUT2D eigenvalue weighted by Gasteiger charge is -2.16. The van der Waals surface area contributed by atoms with E-state index in [0.29, 0.717) is 0 Å². The van der Waals surface area contributed by atoms with E-state index in [2.05, 4.69) is 15.9 Å². The van der Waals surface area contributed by atoms with E-state index in [9.17, 15) is 17.6 Å². The summed E-state index contributed by atoms with van der Waals surface area (Å²) in [6, 6.07) is 1.96. The van der Waals surface area contributed by atoms with Gasteiger partial charge in [-0.3, -0.25) is 0 Å². The highest BCUT2D eigenvalue weighted by atomic mass is 79.9. The van der Waals surface area contributed by atoms with E-state index in [1.165, 1.54) is 0 Å². The summed E-state index contributed by atoms with van der Waals surface area (Å²) in [6.45, 7) is 0. The molecule has 0 fully saturated rings. The molecule has 84 valence electrons. The molecule has 1 rings (SSSR count). The molecule has 0 aliphatic carbocycles. The summed E-state index contributed by atoms with van der Waals surface area (Å²) in [6.07, 6.45) is -7.79. The van der Waals surface area contributed by atoms with Gasteiger partial charge in [-0.2, -0.15) is 13.2 Å². The Morgan fingerprint density at radius 3 is 2.33 bits per heavy atom. The maximum absolute atomic E-state index is 13.2. The van der Waals surface area contributed by atoms with E-state index in [-0.39, 0.29) is 4.47 Å². The fourth-order valence-corrected chi connectivity index (χ4v) is 1.41. The van der Waals surface area contributed by atoms with Gasteiger partial charge in [0.2, 0.25) is 0 Å². The van der Waals surface area contributed by atoms with E-state index in [0.717, 1.165) is 12.1 Å². The highest BCUT2D eigenvalue weighted by molar-refractivity contribution is 9.10. The Labute approximate surface area is 95.8 Å². The highest BCUT2D eigenvalue weighted by Gasteiger charge is 2.41. The maximum Gasteiger partial charge on any atom is 0.418 e. The Morgan fingerprint density at radius 2 is 1.87 bits per heavy atom. The predicted octanol–water partition coefficient (Wildman–Crippen LogP) is 3.84. The van der Waals surface area contributed by atoms with Crippen LogP contribution in [-0.4, -0.2) is 11.3 Å². The average molecular weight is 307 g/mol. The number of aliphatic hydroxyl groups is 1. The van der Waals surface area contributed by atoms with Crippen molar-refractivity contribution >= 4 is 27.5 Å². The molecule has 0 amide bonds.